The summed E-state index contributed by atoms with van der Waals surface area (Å²) in [5, 5.41) is 8.99. The number of ether oxygens (including phenoxy) is 1. The molecule has 0 aliphatic carbocycles. The van der Waals surface area contributed by atoms with Gasteiger partial charge in [-0.05, 0) is 30.0 Å². The molecule has 2 aromatic rings. The first kappa shape index (κ1) is 13.5. The predicted molar refractivity (Wildman–Crippen MR) is 73.2 cm³/mol. The number of aromatic nitrogens is 2. The zero-order valence-electron chi connectivity index (χ0n) is 11.2. The van der Waals surface area contributed by atoms with Crippen molar-refractivity contribution in [3.05, 3.63) is 47.9 Å². The highest BCUT2D eigenvalue weighted by Crippen LogP contribution is 2.24. The van der Waals surface area contributed by atoms with Gasteiger partial charge in [-0.15, -0.1) is 0 Å². The molecule has 1 heterocycles. The van der Waals surface area contributed by atoms with Crippen LogP contribution in [0.2, 0.25) is 0 Å². The average Bonchev–Trinajstić information content (AvgIpc) is 2.47. The van der Waals surface area contributed by atoms with E-state index in [0.717, 1.165) is 12.2 Å². The van der Waals surface area contributed by atoms with E-state index in [1.54, 1.807) is 0 Å². The highest BCUT2D eigenvalue weighted by atomic mass is 16.5. The number of hydrogen-bond donors (Lipinski definition) is 1. The quantitative estimate of drug-likeness (QED) is 0.894. The fourth-order valence-corrected chi connectivity index (χ4v) is 1.73. The van der Waals surface area contributed by atoms with E-state index >= 15 is 0 Å². The smallest absolute Gasteiger partial charge is 0.238 e. The molecule has 0 fully saturated rings. The molecule has 0 spiro atoms. The van der Waals surface area contributed by atoms with E-state index < -0.39 is 0 Å². The summed E-state index contributed by atoms with van der Waals surface area (Å²) < 4.78 is 5.60. The Labute approximate surface area is 113 Å². The van der Waals surface area contributed by atoms with Gasteiger partial charge in [-0.25, -0.2) is 4.98 Å². The lowest BCUT2D eigenvalue weighted by Gasteiger charge is -2.10. The van der Waals surface area contributed by atoms with Crippen LogP contribution in [0.5, 0.6) is 11.6 Å². The van der Waals surface area contributed by atoms with Crippen LogP contribution in [-0.2, 0) is 6.61 Å². The van der Waals surface area contributed by atoms with Gasteiger partial charge in [-0.2, -0.15) is 0 Å². The Kier molecular flexibility index (Phi) is 4.47. The first-order valence-corrected chi connectivity index (χ1v) is 6.42. The monoisotopic (exact) mass is 258 g/mol. The van der Waals surface area contributed by atoms with Crippen LogP contribution in [0, 0.1) is 0 Å². The van der Waals surface area contributed by atoms with Crippen LogP contribution in [0.1, 0.15) is 37.4 Å². The number of hydrogen-bond acceptors (Lipinski definition) is 4. The normalized spacial score (nSPS) is 12.2. The van der Waals surface area contributed by atoms with Gasteiger partial charge in [-0.3, -0.25) is 4.98 Å². The second-order valence-electron chi connectivity index (χ2n) is 4.49. The average molecular weight is 258 g/mol. The van der Waals surface area contributed by atoms with Crippen molar-refractivity contribution in [2.75, 3.05) is 0 Å². The van der Waals surface area contributed by atoms with Crippen molar-refractivity contribution in [1.82, 2.24) is 9.97 Å². The number of aliphatic hydroxyl groups is 1. The third kappa shape index (κ3) is 3.51. The molecule has 4 nitrogen and oxygen atoms in total. The summed E-state index contributed by atoms with van der Waals surface area (Å²) in [6, 6.07) is 7.98. The van der Waals surface area contributed by atoms with Crippen LogP contribution in [-0.4, -0.2) is 15.1 Å². The number of benzene rings is 1. The second-order valence-corrected chi connectivity index (χ2v) is 4.49. The van der Waals surface area contributed by atoms with Crippen molar-refractivity contribution in [3.63, 3.8) is 0 Å². The molecule has 1 atom stereocenters. The van der Waals surface area contributed by atoms with Crippen LogP contribution >= 0.6 is 0 Å². The van der Waals surface area contributed by atoms with E-state index in [1.165, 1.54) is 18.0 Å². The van der Waals surface area contributed by atoms with Crippen LogP contribution in [0.3, 0.4) is 0 Å². The van der Waals surface area contributed by atoms with Gasteiger partial charge in [0.2, 0.25) is 5.88 Å². The van der Waals surface area contributed by atoms with Crippen molar-refractivity contribution in [3.8, 4) is 11.6 Å². The van der Waals surface area contributed by atoms with E-state index in [2.05, 4.69) is 35.9 Å². The largest absolute Gasteiger partial charge is 0.437 e. The lowest BCUT2D eigenvalue weighted by Crippen LogP contribution is -1.95. The third-order valence-electron chi connectivity index (χ3n) is 3.11. The molecule has 0 saturated carbocycles. The van der Waals surface area contributed by atoms with Crippen molar-refractivity contribution < 1.29 is 9.84 Å². The molecule has 1 unspecified atom stereocenters. The summed E-state index contributed by atoms with van der Waals surface area (Å²) in [5.74, 6) is 1.66. The van der Waals surface area contributed by atoms with Crippen LogP contribution < -0.4 is 4.74 Å². The van der Waals surface area contributed by atoms with Crippen molar-refractivity contribution in [2.24, 2.45) is 0 Å². The molecule has 1 N–H and O–H groups in total. The van der Waals surface area contributed by atoms with Crippen LogP contribution in [0.4, 0.5) is 0 Å². The molecule has 0 amide bonds. The Bertz CT molecular complexity index is 526. The molecular formula is C15H18N2O2. The maximum Gasteiger partial charge on any atom is 0.238 e. The molecule has 19 heavy (non-hydrogen) atoms. The molecule has 2 rings (SSSR count). The lowest BCUT2D eigenvalue weighted by atomic mass is 9.99. The van der Waals surface area contributed by atoms with Crippen molar-refractivity contribution in [1.29, 1.82) is 0 Å². The predicted octanol–water partition coefficient (Wildman–Crippen LogP) is 3.27. The van der Waals surface area contributed by atoms with Gasteiger partial charge < -0.3 is 9.84 Å². The summed E-state index contributed by atoms with van der Waals surface area (Å²) in [4.78, 5) is 8.09. The fourth-order valence-electron chi connectivity index (χ4n) is 1.73. The van der Waals surface area contributed by atoms with Gasteiger partial charge in [0.1, 0.15) is 5.75 Å². The fraction of sp³-hybridized carbons (Fsp3) is 0.333. The van der Waals surface area contributed by atoms with E-state index in [-0.39, 0.29) is 6.61 Å². The van der Waals surface area contributed by atoms with E-state index in [0.29, 0.717) is 17.5 Å². The van der Waals surface area contributed by atoms with Gasteiger partial charge in [0.15, 0.2) is 0 Å². The summed E-state index contributed by atoms with van der Waals surface area (Å²) in [5.41, 5.74) is 1.79. The number of aliphatic hydroxyl groups excluding tert-OH is 1. The zero-order chi connectivity index (χ0) is 13.7. The van der Waals surface area contributed by atoms with Crippen molar-refractivity contribution >= 4 is 0 Å². The SMILES string of the molecule is CCC(C)c1ccc(Oc2cncc(CO)n2)cc1. The molecule has 0 aliphatic heterocycles. The summed E-state index contributed by atoms with van der Waals surface area (Å²) in [7, 11) is 0. The molecule has 1 aromatic carbocycles. The minimum absolute atomic E-state index is 0.142. The van der Waals surface area contributed by atoms with Crippen LogP contribution in [0.15, 0.2) is 36.7 Å². The standard InChI is InChI=1S/C15H18N2O2/c1-3-11(2)12-4-6-14(7-5-12)19-15-9-16-8-13(10-18)17-15/h4-9,11,18H,3,10H2,1-2H3. The van der Waals surface area contributed by atoms with E-state index in [4.69, 9.17) is 9.84 Å². The Hall–Kier alpha value is -1.94. The van der Waals surface area contributed by atoms with Gasteiger partial charge >= 0.3 is 0 Å². The first-order chi connectivity index (χ1) is 9.22. The minimum atomic E-state index is -0.142. The van der Waals surface area contributed by atoms with Gasteiger partial charge in [0.05, 0.1) is 24.7 Å². The minimum Gasteiger partial charge on any atom is -0.437 e. The third-order valence-corrected chi connectivity index (χ3v) is 3.11. The Balaban J connectivity index is 2.10. The van der Waals surface area contributed by atoms with Crippen molar-refractivity contribution in [2.45, 2.75) is 32.8 Å². The first-order valence-electron chi connectivity index (χ1n) is 6.42. The second kappa shape index (κ2) is 6.29. The Morgan fingerprint density at radius 2 is 1.95 bits per heavy atom. The highest BCUT2D eigenvalue weighted by Gasteiger charge is 2.04. The van der Waals surface area contributed by atoms with E-state index in [9.17, 15) is 0 Å². The summed E-state index contributed by atoms with van der Waals surface area (Å²) >= 11 is 0. The topological polar surface area (TPSA) is 55.2 Å². The maximum absolute atomic E-state index is 8.99. The number of nitrogens with zero attached hydrogens (tertiary/aromatic N) is 2. The molecule has 0 aliphatic rings. The molecular weight excluding hydrogens is 240 g/mol. The summed E-state index contributed by atoms with van der Waals surface area (Å²) in [6.07, 6.45) is 4.16. The molecule has 100 valence electrons. The highest BCUT2D eigenvalue weighted by molar-refractivity contribution is 5.31. The molecule has 1 aromatic heterocycles. The van der Waals surface area contributed by atoms with Gasteiger partial charge in [0, 0.05) is 0 Å². The maximum atomic E-state index is 8.99. The lowest BCUT2D eigenvalue weighted by molar-refractivity contribution is 0.274. The molecule has 0 radical (unpaired) electrons. The Morgan fingerprint density at radius 3 is 2.58 bits per heavy atom. The summed E-state index contributed by atoms with van der Waals surface area (Å²) in [6.45, 7) is 4.23. The molecule has 4 heteroatoms. The molecule has 0 saturated heterocycles. The number of rotatable bonds is 5. The van der Waals surface area contributed by atoms with Gasteiger partial charge in [0.25, 0.3) is 0 Å². The van der Waals surface area contributed by atoms with Crippen LogP contribution in [0.25, 0.3) is 0 Å². The zero-order valence-corrected chi connectivity index (χ0v) is 11.2. The Morgan fingerprint density at radius 1 is 1.21 bits per heavy atom. The molecule has 0 bridgehead atoms. The van der Waals surface area contributed by atoms with E-state index in [1.807, 2.05) is 12.1 Å². The van der Waals surface area contributed by atoms with Gasteiger partial charge in [-0.1, -0.05) is 26.0 Å².